The van der Waals surface area contributed by atoms with Crippen molar-refractivity contribution in [2.75, 3.05) is 6.54 Å². The number of hydrogen-bond acceptors (Lipinski definition) is 2. The van der Waals surface area contributed by atoms with Gasteiger partial charge in [0, 0.05) is 20.9 Å². The van der Waals surface area contributed by atoms with Crippen molar-refractivity contribution >= 4 is 31.9 Å². The van der Waals surface area contributed by atoms with Gasteiger partial charge in [-0.05, 0) is 62.4 Å². The molecule has 0 radical (unpaired) electrons. The third kappa shape index (κ3) is 3.65. The van der Waals surface area contributed by atoms with Gasteiger partial charge in [0.25, 0.3) is 0 Å². The molecule has 112 valence electrons. The summed E-state index contributed by atoms with van der Waals surface area (Å²) in [7, 11) is 0. The maximum Gasteiger partial charge on any atom is 0.0858 e. The second-order valence-electron chi connectivity index (χ2n) is 5.91. The Balaban J connectivity index is 2.25. The SMILES string of the molecule is NCC1(C(O)c2ccc(Br)c(Br)c2)CCCCCCC1. The molecule has 1 aromatic rings. The van der Waals surface area contributed by atoms with Gasteiger partial charge in [-0.2, -0.15) is 0 Å². The second-order valence-corrected chi connectivity index (χ2v) is 7.62. The molecule has 20 heavy (non-hydrogen) atoms. The van der Waals surface area contributed by atoms with Crippen LogP contribution in [0.25, 0.3) is 0 Å². The highest BCUT2D eigenvalue weighted by Crippen LogP contribution is 2.44. The van der Waals surface area contributed by atoms with Gasteiger partial charge in [-0.25, -0.2) is 0 Å². The van der Waals surface area contributed by atoms with E-state index in [2.05, 4.69) is 31.9 Å². The van der Waals surface area contributed by atoms with E-state index in [0.29, 0.717) is 6.54 Å². The van der Waals surface area contributed by atoms with Crippen LogP contribution in [0.5, 0.6) is 0 Å². The van der Waals surface area contributed by atoms with Crippen molar-refractivity contribution in [3.05, 3.63) is 32.7 Å². The molecule has 2 nitrogen and oxygen atoms in total. The van der Waals surface area contributed by atoms with E-state index >= 15 is 0 Å². The largest absolute Gasteiger partial charge is 0.388 e. The molecule has 0 heterocycles. The molecule has 1 atom stereocenters. The number of benzene rings is 1. The Morgan fingerprint density at radius 2 is 1.65 bits per heavy atom. The van der Waals surface area contributed by atoms with E-state index in [9.17, 15) is 5.11 Å². The zero-order chi connectivity index (χ0) is 14.6. The van der Waals surface area contributed by atoms with Crippen molar-refractivity contribution < 1.29 is 5.11 Å². The Morgan fingerprint density at radius 3 is 2.20 bits per heavy atom. The van der Waals surface area contributed by atoms with E-state index in [4.69, 9.17) is 5.73 Å². The molecule has 0 aliphatic heterocycles. The Morgan fingerprint density at radius 1 is 1.05 bits per heavy atom. The van der Waals surface area contributed by atoms with Gasteiger partial charge in [-0.15, -0.1) is 0 Å². The zero-order valence-electron chi connectivity index (χ0n) is 11.7. The lowest BCUT2D eigenvalue weighted by Gasteiger charge is -2.39. The molecule has 1 unspecified atom stereocenters. The third-order valence-electron chi connectivity index (χ3n) is 4.60. The molecule has 2 rings (SSSR count). The number of aliphatic hydroxyl groups is 1. The minimum Gasteiger partial charge on any atom is -0.388 e. The first-order valence-electron chi connectivity index (χ1n) is 7.42. The van der Waals surface area contributed by atoms with Crippen molar-refractivity contribution in [2.24, 2.45) is 11.1 Å². The predicted octanol–water partition coefficient (Wildman–Crippen LogP) is 4.93. The molecule has 1 fully saturated rings. The second kappa shape index (κ2) is 7.39. The minimum absolute atomic E-state index is 0.159. The summed E-state index contributed by atoms with van der Waals surface area (Å²) in [5.74, 6) is 0. The molecule has 0 amide bonds. The number of halogens is 2. The van der Waals surface area contributed by atoms with Crippen LogP contribution < -0.4 is 5.73 Å². The first-order valence-corrected chi connectivity index (χ1v) is 9.01. The van der Waals surface area contributed by atoms with Crippen LogP contribution >= 0.6 is 31.9 Å². The summed E-state index contributed by atoms with van der Waals surface area (Å²) in [6, 6.07) is 5.98. The van der Waals surface area contributed by atoms with Gasteiger partial charge in [0.2, 0.25) is 0 Å². The Kier molecular flexibility index (Phi) is 6.09. The molecule has 0 aromatic heterocycles. The average Bonchev–Trinajstić information content (AvgIpc) is 2.42. The summed E-state index contributed by atoms with van der Waals surface area (Å²) in [6.45, 7) is 0.557. The molecule has 1 aliphatic carbocycles. The number of aliphatic hydroxyl groups excluding tert-OH is 1. The van der Waals surface area contributed by atoms with E-state index in [1.54, 1.807) is 0 Å². The van der Waals surface area contributed by atoms with Crippen LogP contribution in [0.3, 0.4) is 0 Å². The van der Waals surface area contributed by atoms with Crippen molar-refractivity contribution in [1.29, 1.82) is 0 Å². The smallest absolute Gasteiger partial charge is 0.0858 e. The summed E-state index contributed by atoms with van der Waals surface area (Å²) in [5, 5.41) is 10.9. The van der Waals surface area contributed by atoms with Crippen molar-refractivity contribution in [3.8, 4) is 0 Å². The number of rotatable bonds is 3. The monoisotopic (exact) mass is 403 g/mol. The summed E-state index contributed by atoms with van der Waals surface area (Å²) in [4.78, 5) is 0. The van der Waals surface area contributed by atoms with Crippen LogP contribution in [-0.2, 0) is 0 Å². The highest BCUT2D eigenvalue weighted by atomic mass is 79.9. The first kappa shape index (κ1) is 16.5. The lowest BCUT2D eigenvalue weighted by molar-refractivity contribution is 0.00844. The molecule has 0 saturated heterocycles. The Hall–Kier alpha value is 0.1000. The fraction of sp³-hybridized carbons (Fsp3) is 0.625. The van der Waals surface area contributed by atoms with E-state index in [1.165, 1.54) is 32.1 Å². The maximum absolute atomic E-state index is 10.9. The van der Waals surface area contributed by atoms with Crippen LogP contribution in [0.15, 0.2) is 27.1 Å². The first-order chi connectivity index (χ1) is 9.59. The van der Waals surface area contributed by atoms with E-state index in [1.807, 2.05) is 18.2 Å². The molecular formula is C16H23Br2NO. The van der Waals surface area contributed by atoms with Gasteiger partial charge < -0.3 is 10.8 Å². The highest BCUT2D eigenvalue weighted by molar-refractivity contribution is 9.13. The van der Waals surface area contributed by atoms with Crippen LogP contribution in [-0.4, -0.2) is 11.7 Å². The van der Waals surface area contributed by atoms with Gasteiger partial charge in [0.15, 0.2) is 0 Å². The summed E-state index contributed by atoms with van der Waals surface area (Å²) in [5.41, 5.74) is 6.89. The molecule has 1 aromatic carbocycles. The zero-order valence-corrected chi connectivity index (χ0v) is 14.9. The van der Waals surface area contributed by atoms with E-state index in [0.717, 1.165) is 27.4 Å². The van der Waals surface area contributed by atoms with Gasteiger partial charge in [0.1, 0.15) is 0 Å². The Bertz CT molecular complexity index is 442. The van der Waals surface area contributed by atoms with Gasteiger partial charge in [-0.1, -0.05) is 38.2 Å². The van der Waals surface area contributed by atoms with Crippen molar-refractivity contribution in [2.45, 2.75) is 51.0 Å². The minimum atomic E-state index is -0.477. The average molecular weight is 405 g/mol. The summed E-state index contributed by atoms with van der Waals surface area (Å²) < 4.78 is 1.99. The van der Waals surface area contributed by atoms with Crippen LogP contribution in [0.2, 0.25) is 0 Å². The topological polar surface area (TPSA) is 46.2 Å². The van der Waals surface area contributed by atoms with Crippen molar-refractivity contribution in [1.82, 2.24) is 0 Å². The number of hydrogen-bond donors (Lipinski definition) is 2. The summed E-state index contributed by atoms with van der Waals surface area (Å²) in [6.07, 6.45) is 7.77. The quantitative estimate of drug-likeness (QED) is 0.749. The molecule has 3 N–H and O–H groups in total. The van der Waals surface area contributed by atoms with Gasteiger partial charge in [-0.3, -0.25) is 0 Å². The molecule has 1 saturated carbocycles. The third-order valence-corrected chi connectivity index (χ3v) is 6.47. The van der Waals surface area contributed by atoms with E-state index in [-0.39, 0.29) is 5.41 Å². The van der Waals surface area contributed by atoms with Crippen LogP contribution in [0.1, 0.15) is 56.6 Å². The van der Waals surface area contributed by atoms with Crippen molar-refractivity contribution in [3.63, 3.8) is 0 Å². The molecule has 1 aliphatic rings. The molecule has 4 heteroatoms. The lowest BCUT2D eigenvalue weighted by atomic mass is 9.70. The Labute approximate surface area is 138 Å². The molecule has 0 spiro atoms. The highest BCUT2D eigenvalue weighted by Gasteiger charge is 2.37. The van der Waals surface area contributed by atoms with E-state index < -0.39 is 6.10 Å². The molecule has 0 bridgehead atoms. The lowest BCUT2D eigenvalue weighted by Crippen LogP contribution is -2.37. The molecular weight excluding hydrogens is 382 g/mol. The fourth-order valence-corrected chi connectivity index (χ4v) is 3.88. The summed E-state index contributed by atoms with van der Waals surface area (Å²) >= 11 is 6.99. The standard InChI is InChI=1S/C16H23Br2NO/c17-13-7-6-12(10-14(13)18)15(20)16(11-19)8-4-2-1-3-5-9-16/h6-7,10,15,20H,1-5,8-9,11,19H2. The van der Waals surface area contributed by atoms with Crippen LogP contribution in [0, 0.1) is 5.41 Å². The maximum atomic E-state index is 10.9. The normalized spacial score (nSPS) is 21.0. The van der Waals surface area contributed by atoms with Crippen LogP contribution in [0.4, 0.5) is 0 Å². The van der Waals surface area contributed by atoms with Gasteiger partial charge >= 0.3 is 0 Å². The predicted molar refractivity (Wildman–Crippen MR) is 90.6 cm³/mol. The van der Waals surface area contributed by atoms with Gasteiger partial charge in [0.05, 0.1) is 6.10 Å². The fourth-order valence-electron chi connectivity index (χ4n) is 3.23. The number of nitrogens with two attached hydrogens (primary N) is 1.